The smallest absolute Gasteiger partial charge is 0.238 e. The predicted molar refractivity (Wildman–Crippen MR) is 97.2 cm³/mol. The van der Waals surface area contributed by atoms with Crippen molar-refractivity contribution >= 4 is 34.8 Å². The molecule has 0 atom stereocenters. The Morgan fingerprint density at radius 1 is 1.13 bits per heavy atom. The number of hydrogen-bond donors (Lipinski definition) is 1. The molecule has 2 aromatic rings. The van der Waals surface area contributed by atoms with Gasteiger partial charge in [-0.3, -0.25) is 9.69 Å². The summed E-state index contributed by atoms with van der Waals surface area (Å²) in [6, 6.07) is 13.4. The zero-order valence-corrected chi connectivity index (χ0v) is 14.8. The quantitative estimate of drug-likeness (QED) is 0.823. The highest BCUT2D eigenvalue weighted by Crippen LogP contribution is 2.23. The monoisotopic (exact) mass is 350 g/mol. The molecule has 0 aliphatic rings. The van der Waals surface area contributed by atoms with Crippen molar-refractivity contribution in [3.8, 4) is 0 Å². The third-order valence-electron chi connectivity index (χ3n) is 3.52. The van der Waals surface area contributed by atoms with Crippen molar-refractivity contribution in [3.05, 3.63) is 63.6 Å². The fourth-order valence-corrected chi connectivity index (χ4v) is 2.71. The van der Waals surface area contributed by atoms with Crippen LogP contribution < -0.4 is 5.32 Å². The van der Waals surface area contributed by atoms with Gasteiger partial charge in [0.05, 0.1) is 16.6 Å². The average Bonchev–Trinajstić information content (AvgIpc) is 2.51. The molecule has 122 valence electrons. The Labute approximate surface area is 147 Å². The third-order valence-corrected chi connectivity index (χ3v) is 4.26. The molecule has 1 N–H and O–H groups in total. The van der Waals surface area contributed by atoms with Crippen molar-refractivity contribution in [1.29, 1.82) is 0 Å². The third kappa shape index (κ3) is 5.24. The number of carbonyl (C=O) groups is 1. The summed E-state index contributed by atoms with van der Waals surface area (Å²) in [4.78, 5) is 14.1. The second kappa shape index (κ2) is 8.34. The SMILES string of the molecule is CCc1ccccc1NC(=O)CN(C)Cc1ccc(Cl)c(Cl)c1. The summed E-state index contributed by atoms with van der Waals surface area (Å²) in [6.45, 7) is 3.00. The first-order valence-corrected chi connectivity index (χ1v) is 8.25. The van der Waals surface area contributed by atoms with Crippen LogP contribution >= 0.6 is 23.2 Å². The van der Waals surface area contributed by atoms with Crippen LogP contribution in [0.25, 0.3) is 0 Å². The number of anilines is 1. The minimum Gasteiger partial charge on any atom is -0.325 e. The van der Waals surface area contributed by atoms with Crippen molar-refractivity contribution in [2.24, 2.45) is 0 Å². The second-order valence-electron chi connectivity index (χ2n) is 5.48. The Hall–Kier alpha value is -1.55. The minimum absolute atomic E-state index is 0.0338. The number of aryl methyl sites for hydroxylation is 1. The van der Waals surface area contributed by atoms with Gasteiger partial charge in [0.15, 0.2) is 0 Å². The number of amides is 1. The van der Waals surface area contributed by atoms with Crippen LogP contribution in [-0.4, -0.2) is 24.4 Å². The number of hydrogen-bond acceptors (Lipinski definition) is 2. The molecule has 0 unspecified atom stereocenters. The van der Waals surface area contributed by atoms with Crippen molar-refractivity contribution in [2.45, 2.75) is 19.9 Å². The predicted octanol–water partition coefficient (Wildman–Crippen LogP) is 4.63. The number of nitrogens with one attached hydrogen (secondary N) is 1. The van der Waals surface area contributed by atoms with Gasteiger partial charge in [0.1, 0.15) is 0 Å². The Kier molecular flexibility index (Phi) is 6.46. The highest BCUT2D eigenvalue weighted by Gasteiger charge is 2.10. The van der Waals surface area contributed by atoms with Gasteiger partial charge in [-0.25, -0.2) is 0 Å². The summed E-state index contributed by atoms with van der Waals surface area (Å²) in [7, 11) is 1.90. The molecule has 0 aliphatic heterocycles. The van der Waals surface area contributed by atoms with E-state index in [0.717, 1.165) is 23.2 Å². The number of halogens is 2. The minimum atomic E-state index is -0.0338. The van der Waals surface area contributed by atoms with Crippen LogP contribution in [-0.2, 0) is 17.8 Å². The van der Waals surface area contributed by atoms with E-state index in [9.17, 15) is 4.79 Å². The summed E-state index contributed by atoms with van der Waals surface area (Å²) >= 11 is 11.9. The first-order valence-electron chi connectivity index (χ1n) is 7.49. The van der Waals surface area contributed by atoms with Crippen LogP contribution in [0.1, 0.15) is 18.1 Å². The van der Waals surface area contributed by atoms with Crippen molar-refractivity contribution in [1.82, 2.24) is 4.90 Å². The lowest BCUT2D eigenvalue weighted by Gasteiger charge is -2.17. The number of para-hydroxylation sites is 1. The molecule has 0 heterocycles. The molecular weight excluding hydrogens is 331 g/mol. The van der Waals surface area contributed by atoms with E-state index in [4.69, 9.17) is 23.2 Å². The molecule has 0 aromatic heterocycles. The van der Waals surface area contributed by atoms with Crippen LogP contribution in [0.3, 0.4) is 0 Å². The lowest BCUT2D eigenvalue weighted by atomic mass is 10.1. The summed E-state index contributed by atoms with van der Waals surface area (Å²) in [5, 5.41) is 4.03. The van der Waals surface area contributed by atoms with E-state index < -0.39 is 0 Å². The van der Waals surface area contributed by atoms with Crippen LogP contribution in [0.2, 0.25) is 10.0 Å². The van der Waals surface area contributed by atoms with E-state index in [1.54, 1.807) is 6.07 Å². The molecule has 2 rings (SSSR count). The zero-order chi connectivity index (χ0) is 16.8. The Balaban J connectivity index is 1.93. The molecule has 0 saturated heterocycles. The molecule has 2 aromatic carbocycles. The molecule has 0 saturated carbocycles. The van der Waals surface area contributed by atoms with E-state index in [-0.39, 0.29) is 5.91 Å². The Morgan fingerprint density at radius 2 is 1.87 bits per heavy atom. The number of likely N-dealkylation sites (N-methyl/N-ethyl adjacent to an activating group) is 1. The summed E-state index contributed by atoms with van der Waals surface area (Å²) in [5.74, 6) is -0.0338. The Morgan fingerprint density at radius 3 is 2.57 bits per heavy atom. The maximum Gasteiger partial charge on any atom is 0.238 e. The summed E-state index contributed by atoms with van der Waals surface area (Å²) in [6.07, 6.45) is 0.884. The molecule has 23 heavy (non-hydrogen) atoms. The number of benzene rings is 2. The van der Waals surface area contributed by atoms with Crippen molar-refractivity contribution in [2.75, 3.05) is 18.9 Å². The van der Waals surface area contributed by atoms with Gasteiger partial charge in [-0.05, 0) is 42.8 Å². The lowest BCUT2D eigenvalue weighted by molar-refractivity contribution is -0.117. The van der Waals surface area contributed by atoms with Gasteiger partial charge in [-0.1, -0.05) is 54.4 Å². The lowest BCUT2D eigenvalue weighted by Crippen LogP contribution is -2.30. The second-order valence-corrected chi connectivity index (χ2v) is 6.29. The van der Waals surface area contributed by atoms with E-state index in [1.807, 2.05) is 48.3 Å². The van der Waals surface area contributed by atoms with Gasteiger partial charge >= 0.3 is 0 Å². The van der Waals surface area contributed by atoms with Crippen LogP contribution in [0.5, 0.6) is 0 Å². The van der Waals surface area contributed by atoms with E-state index in [0.29, 0.717) is 23.1 Å². The normalized spacial score (nSPS) is 10.8. The van der Waals surface area contributed by atoms with Crippen LogP contribution in [0.4, 0.5) is 5.69 Å². The van der Waals surface area contributed by atoms with Gasteiger partial charge in [-0.15, -0.1) is 0 Å². The molecule has 1 amide bonds. The molecule has 0 radical (unpaired) electrons. The van der Waals surface area contributed by atoms with Crippen molar-refractivity contribution in [3.63, 3.8) is 0 Å². The highest BCUT2D eigenvalue weighted by atomic mass is 35.5. The fourth-order valence-electron chi connectivity index (χ4n) is 2.39. The van der Waals surface area contributed by atoms with Crippen molar-refractivity contribution < 1.29 is 4.79 Å². The van der Waals surface area contributed by atoms with Gasteiger partial charge in [-0.2, -0.15) is 0 Å². The van der Waals surface area contributed by atoms with Crippen LogP contribution in [0, 0.1) is 0 Å². The molecule has 0 aliphatic carbocycles. The fraction of sp³-hybridized carbons (Fsp3) is 0.278. The van der Waals surface area contributed by atoms with Gasteiger partial charge in [0.25, 0.3) is 0 Å². The maximum absolute atomic E-state index is 12.2. The highest BCUT2D eigenvalue weighted by molar-refractivity contribution is 6.42. The van der Waals surface area contributed by atoms with E-state index in [1.165, 1.54) is 0 Å². The summed E-state index contributed by atoms with van der Waals surface area (Å²) in [5.41, 5.74) is 3.03. The summed E-state index contributed by atoms with van der Waals surface area (Å²) < 4.78 is 0. The van der Waals surface area contributed by atoms with E-state index in [2.05, 4.69) is 12.2 Å². The first kappa shape index (κ1) is 17.8. The number of carbonyl (C=O) groups excluding carboxylic acids is 1. The van der Waals surface area contributed by atoms with Gasteiger partial charge < -0.3 is 5.32 Å². The first-order chi connectivity index (χ1) is 11.0. The molecule has 3 nitrogen and oxygen atoms in total. The number of rotatable bonds is 6. The molecule has 0 bridgehead atoms. The Bertz CT molecular complexity index is 688. The molecule has 5 heteroatoms. The largest absolute Gasteiger partial charge is 0.325 e. The molecule has 0 spiro atoms. The maximum atomic E-state index is 12.2. The zero-order valence-electron chi connectivity index (χ0n) is 13.3. The standard InChI is InChI=1S/C18H20Cl2N2O/c1-3-14-6-4-5-7-17(14)21-18(23)12-22(2)11-13-8-9-15(19)16(20)10-13/h4-10H,3,11-12H2,1-2H3,(H,21,23). The van der Waals surface area contributed by atoms with Crippen LogP contribution in [0.15, 0.2) is 42.5 Å². The topological polar surface area (TPSA) is 32.3 Å². The average molecular weight is 351 g/mol. The van der Waals surface area contributed by atoms with Gasteiger partial charge in [0.2, 0.25) is 5.91 Å². The number of nitrogens with zero attached hydrogens (tertiary/aromatic N) is 1. The molecule has 0 fully saturated rings. The molecular formula is C18H20Cl2N2O. The van der Waals surface area contributed by atoms with Gasteiger partial charge in [0, 0.05) is 12.2 Å². The van der Waals surface area contributed by atoms with E-state index >= 15 is 0 Å².